The summed E-state index contributed by atoms with van der Waals surface area (Å²) in [6, 6.07) is 7.46. The maximum atomic E-state index is 11.7. The summed E-state index contributed by atoms with van der Waals surface area (Å²) in [5.74, 6) is -0.0123. The van der Waals surface area contributed by atoms with Crippen LogP contribution in [0.5, 0.6) is 0 Å². The molecule has 5 nitrogen and oxygen atoms in total. The minimum atomic E-state index is -0.0123. The smallest absolute Gasteiger partial charge is 0.239 e. The highest BCUT2D eigenvalue weighted by Gasteiger charge is 2.23. The number of anilines is 2. The first-order chi connectivity index (χ1) is 8.60. The Bertz CT molecular complexity index is 502. The third kappa shape index (κ3) is 2.92. The van der Waals surface area contributed by atoms with E-state index >= 15 is 0 Å². The molecule has 18 heavy (non-hydrogen) atoms. The van der Waals surface area contributed by atoms with Crippen LogP contribution in [0.15, 0.2) is 18.2 Å². The summed E-state index contributed by atoms with van der Waals surface area (Å²) < 4.78 is 0. The fourth-order valence-electron chi connectivity index (χ4n) is 1.75. The lowest BCUT2D eigenvalue weighted by Crippen LogP contribution is -2.36. The van der Waals surface area contributed by atoms with Gasteiger partial charge in [-0.15, -0.1) is 0 Å². The molecule has 5 heteroatoms. The van der Waals surface area contributed by atoms with Gasteiger partial charge in [-0.25, -0.2) is 0 Å². The summed E-state index contributed by atoms with van der Waals surface area (Å²) in [5.41, 5.74) is 7.66. The first-order valence-corrected chi connectivity index (χ1v) is 5.90. The molecule has 2 rings (SSSR count). The highest BCUT2D eigenvalue weighted by atomic mass is 16.2. The zero-order chi connectivity index (χ0) is 13.1. The summed E-state index contributed by atoms with van der Waals surface area (Å²) in [7, 11) is 1.79. The van der Waals surface area contributed by atoms with Crippen molar-refractivity contribution in [2.45, 2.75) is 18.9 Å². The van der Waals surface area contributed by atoms with E-state index < -0.39 is 0 Å². The second-order valence-electron chi connectivity index (χ2n) is 4.58. The van der Waals surface area contributed by atoms with Gasteiger partial charge in [0.25, 0.3) is 0 Å². The number of nitrogens with zero attached hydrogens (tertiary/aromatic N) is 2. The number of carbonyl (C=O) groups is 1. The number of hydrogen-bond acceptors (Lipinski definition) is 4. The molecule has 0 atom stereocenters. The SMILES string of the molecule is CN(CC(=O)NC1CC1)c1cc(C#N)ccc1N. The van der Waals surface area contributed by atoms with Crippen molar-refractivity contribution >= 4 is 17.3 Å². The summed E-state index contributed by atoms with van der Waals surface area (Å²) in [6.07, 6.45) is 2.14. The molecule has 0 heterocycles. The third-order valence-electron chi connectivity index (χ3n) is 2.89. The predicted molar refractivity (Wildman–Crippen MR) is 70.0 cm³/mol. The quantitative estimate of drug-likeness (QED) is 0.769. The van der Waals surface area contributed by atoms with Crippen molar-refractivity contribution in [3.05, 3.63) is 23.8 Å². The number of nitrogen functional groups attached to an aromatic ring is 1. The standard InChI is InChI=1S/C13H16N4O/c1-17(8-13(18)16-10-3-4-10)12-6-9(7-14)2-5-11(12)15/h2,5-6,10H,3-4,8,15H2,1H3,(H,16,18). The Kier molecular flexibility index (Phi) is 3.38. The van der Waals surface area contributed by atoms with Gasteiger partial charge in [0.15, 0.2) is 0 Å². The monoisotopic (exact) mass is 244 g/mol. The zero-order valence-electron chi connectivity index (χ0n) is 10.3. The molecule has 1 saturated carbocycles. The lowest BCUT2D eigenvalue weighted by atomic mass is 10.1. The van der Waals surface area contributed by atoms with Gasteiger partial charge in [-0.3, -0.25) is 4.79 Å². The third-order valence-corrected chi connectivity index (χ3v) is 2.89. The van der Waals surface area contributed by atoms with Gasteiger partial charge in [-0.1, -0.05) is 0 Å². The number of hydrogen-bond donors (Lipinski definition) is 2. The summed E-state index contributed by atoms with van der Waals surface area (Å²) in [4.78, 5) is 13.4. The van der Waals surface area contributed by atoms with E-state index in [0.717, 1.165) is 12.8 Å². The first kappa shape index (κ1) is 12.2. The van der Waals surface area contributed by atoms with Crippen LogP contribution in [0.4, 0.5) is 11.4 Å². The number of nitriles is 1. The van der Waals surface area contributed by atoms with Crippen molar-refractivity contribution in [3.63, 3.8) is 0 Å². The molecule has 3 N–H and O–H groups in total. The minimum Gasteiger partial charge on any atom is -0.397 e. The van der Waals surface area contributed by atoms with Crippen molar-refractivity contribution in [2.75, 3.05) is 24.2 Å². The lowest BCUT2D eigenvalue weighted by Gasteiger charge is -2.20. The molecule has 1 amide bonds. The van der Waals surface area contributed by atoms with Crippen LogP contribution in [0, 0.1) is 11.3 Å². The van der Waals surface area contributed by atoms with Crippen molar-refractivity contribution in [1.29, 1.82) is 5.26 Å². The van der Waals surface area contributed by atoms with Crippen molar-refractivity contribution in [1.82, 2.24) is 5.32 Å². The molecule has 0 spiro atoms. The maximum Gasteiger partial charge on any atom is 0.239 e. The molecule has 0 radical (unpaired) electrons. The molecule has 0 aromatic heterocycles. The average Bonchev–Trinajstić information content (AvgIpc) is 3.13. The van der Waals surface area contributed by atoms with Crippen LogP contribution in [0.25, 0.3) is 0 Å². The fraction of sp³-hybridized carbons (Fsp3) is 0.385. The Morgan fingerprint density at radius 3 is 2.94 bits per heavy atom. The Balaban J connectivity index is 2.05. The molecular weight excluding hydrogens is 228 g/mol. The zero-order valence-corrected chi connectivity index (χ0v) is 10.3. The van der Waals surface area contributed by atoms with Gasteiger partial charge in [-0.05, 0) is 31.0 Å². The van der Waals surface area contributed by atoms with Gasteiger partial charge >= 0.3 is 0 Å². The number of carbonyl (C=O) groups excluding carboxylic acids is 1. The largest absolute Gasteiger partial charge is 0.397 e. The normalized spacial score (nSPS) is 13.8. The highest BCUT2D eigenvalue weighted by Crippen LogP contribution is 2.23. The molecule has 94 valence electrons. The predicted octanol–water partition coefficient (Wildman–Crippen LogP) is 0.855. The van der Waals surface area contributed by atoms with Crippen molar-refractivity contribution in [2.24, 2.45) is 0 Å². The van der Waals surface area contributed by atoms with E-state index in [9.17, 15) is 4.79 Å². The van der Waals surface area contributed by atoms with Crippen molar-refractivity contribution < 1.29 is 4.79 Å². The van der Waals surface area contributed by atoms with E-state index in [4.69, 9.17) is 11.0 Å². The van der Waals surface area contributed by atoms with Gasteiger partial charge in [-0.2, -0.15) is 5.26 Å². The number of nitrogens with one attached hydrogen (secondary N) is 1. The molecule has 1 aliphatic rings. The molecular formula is C13H16N4O. The van der Waals surface area contributed by atoms with Crippen molar-refractivity contribution in [3.8, 4) is 6.07 Å². The number of rotatable bonds is 4. The molecule has 1 aromatic rings. The van der Waals surface area contributed by atoms with Gasteiger partial charge < -0.3 is 16.0 Å². The van der Waals surface area contributed by atoms with Crippen LogP contribution in [-0.4, -0.2) is 25.5 Å². The molecule has 1 aromatic carbocycles. The van der Waals surface area contributed by atoms with E-state index in [2.05, 4.69) is 11.4 Å². The van der Waals surface area contributed by atoms with Crippen LogP contribution in [0.3, 0.4) is 0 Å². The molecule has 0 bridgehead atoms. The maximum absolute atomic E-state index is 11.7. The Morgan fingerprint density at radius 2 is 2.33 bits per heavy atom. The van der Waals surface area contributed by atoms with E-state index in [1.54, 1.807) is 30.1 Å². The summed E-state index contributed by atoms with van der Waals surface area (Å²) in [5, 5.41) is 11.8. The summed E-state index contributed by atoms with van der Waals surface area (Å²) in [6.45, 7) is 0.246. The topological polar surface area (TPSA) is 82.2 Å². The molecule has 0 unspecified atom stereocenters. The highest BCUT2D eigenvalue weighted by molar-refractivity contribution is 5.83. The molecule has 1 fully saturated rings. The Labute approximate surface area is 106 Å². The lowest BCUT2D eigenvalue weighted by molar-refractivity contribution is -0.119. The number of benzene rings is 1. The van der Waals surface area contributed by atoms with Crippen LogP contribution in [0.1, 0.15) is 18.4 Å². The number of nitrogens with two attached hydrogens (primary N) is 1. The van der Waals surface area contributed by atoms with Gasteiger partial charge in [0.1, 0.15) is 0 Å². The first-order valence-electron chi connectivity index (χ1n) is 5.90. The van der Waals surface area contributed by atoms with E-state index in [-0.39, 0.29) is 12.5 Å². The second-order valence-corrected chi connectivity index (χ2v) is 4.58. The molecule has 1 aliphatic carbocycles. The van der Waals surface area contributed by atoms with Crippen LogP contribution < -0.4 is 16.0 Å². The second kappa shape index (κ2) is 4.96. The van der Waals surface area contributed by atoms with Crippen LogP contribution in [0.2, 0.25) is 0 Å². The van der Waals surface area contributed by atoms with Crippen LogP contribution >= 0.6 is 0 Å². The minimum absolute atomic E-state index is 0.0123. The number of likely N-dealkylation sites (N-methyl/N-ethyl adjacent to an activating group) is 1. The Hall–Kier alpha value is -2.22. The fourth-order valence-corrected chi connectivity index (χ4v) is 1.75. The van der Waals surface area contributed by atoms with Gasteiger partial charge in [0, 0.05) is 13.1 Å². The van der Waals surface area contributed by atoms with Crippen LogP contribution in [-0.2, 0) is 4.79 Å². The molecule has 0 aliphatic heterocycles. The number of amides is 1. The van der Waals surface area contributed by atoms with E-state index in [0.29, 0.717) is 23.0 Å². The Morgan fingerprint density at radius 1 is 1.61 bits per heavy atom. The van der Waals surface area contributed by atoms with E-state index in [1.165, 1.54) is 0 Å². The average molecular weight is 244 g/mol. The van der Waals surface area contributed by atoms with E-state index in [1.807, 2.05) is 0 Å². The van der Waals surface area contributed by atoms with Gasteiger partial charge in [0.05, 0.1) is 29.6 Å². The van der Waals surface area contributed by atoms with Gasteiger partial charge in [0.2, 0.25) is 5.91 Å². The summed E-state index contributed by atoms with van der Waals surface area (Å²) >= 11 is 0. The molecule has 0 saturated heterocycles.